The molecule has 48 heavy (non-hydrogen) atoms. The van der Waals surface area contributed by atoms with E-state index in [4.69, 9.17) is 24.8 Å². The van der Waals surface area contributed by atoms with Gasteiger partial charge in [0.1, 0.15) is 0 Å². The van der Waals surface area contributed by atoms with Crippen molar-refractivity contribution in [2.24, 2.45) is 15.9 Å². The molecule has 2 amide bonds. The average Bonchev–Trinajstić information content (AvgIpc) is 3.08. The van der Waals surface area contributed by atoms with E-state index in [1.54, 1.807) is 30.5 Å². The van der Waals surface area contributed by atoms with Crippen LogP contribution in [-0.4, -0.2) is 89.9 Å². The lowest BCUT2D eigenvalue weighted by Crippen LogP contribution is -2.29. The molecular weight excluding hydrogens is 669 g/mol. The molecule has 0 atom stereocenters. The molecule has 2 aromatic carbocycles. The number of hydrogen-bond acceptors (Lipinski definition) is 11. The van der Waals surface area contributed by atoms with Gasteiger partial charge >= 0.3 is 12.0 Å². The number of benzene rings is 2. The number of rotatable bonds is 23. The molecule has 2 aromatic rings. The van der Waals surface area contributed by atoms with E-state index in [1.807, 2.05) is 0 Å². The van der Waals surface area contributed by atoms with Crippen molar-refractivity contribution in [2.75, 3.05) is 71.3 Å². The number of ether oxygens (including phenoxy) is 5. The van der Waals surface area contributed by atoms with Gasteiger partial charge in [0.05, 0.1) is 71.5 Å². The molecule has 0 saturated carbocycles. The molecular formula is C30H38F5N5O7S. The number of carbonyl (C=O) groups is 2. The summed E-state index contributed by atoms with van der Waals surface area (Å²) < 4.78 is 91.9. The van der Waals surface area contributed by atoms with Gasteiger partial charge in [-0.15, -0.1) is 12.6 Å². The Kier molecular flexibility index (Phi) is 19.7. The van der Waals surface area contributed by atoms with Gasteiger partial charge in [-0.25, -0.2) is 18.0 Å². The molecule has 0 aliphatic carbocycles. The van der Waals surface area contributed by atoms with E-state index in [1.165, 1.54) is 0 Å². The third-order valence-corrected chi connectivity index (χ3v) is 6.29. The number of hydrazone groups is 1. The van der Waals surface area contributed by atoms with E-state index < -0.39 is 47.2 Å². The maximum absolute atomic E-state index is 13.5. The second-order valence-corrected chi connectivity index (χ2v) is 10.1. The molecule has 0 fully saturated rings. The Morgan fingerprint density at radius 1 is 0.750 bits per heavy atom. The summed E-state index contributed by atoms with van der Waals surface area (Å²) in [5.41, 5.74) is 1.31. The number of unbranched alkanes of at least 4 members (excludes halogenated alkanes) is 1. The molecule has 0 aliphatic heterocycles. The van der Waals surface area contributed by atoms with E-state index in [-0.39, 0.29) is 39.1 Å². The second kappa shape index (κ2) is 23.5. The fraction of sp³-hybridized carbons (Fsp3) is 0.467. The highest BCUT2D eigenvalue weighted by atomic mass is 32.1. The molecule has 0 bridgehead atoms. The zero-order valence-corrected chi connectivity index (χ0v) is 26.8. The molecule has 0 aliphatic rings. The number of esters is 1. The summed E-state index contributed by atoms with van der Waals surface area (Å²) in [6, 6.07) is 6.81. The number of nitrogens with zero attached hydrogens (tertiary/aromatic N) is 2. The quantitative estimate of drug-likeness (QED) is 0.0127. The molecule has 12 nitrogen and oxygen atoms in total. The van der Waals surface area contributed by atoms with Gasteiger partial charge < -0.3 is 40.2 Å². The van der Waals surface area contributed by atoms with Crippen LogP contribution in [0.5, 0.6) is 5.75 Å². The van der Waals surface area contributed by atoms with Crippen molar-refractivity contribution in [1.82, 2.24) is 5.32 Å². The number of aliphatic imine (C=N–C) groups is 1. The number of anilines is 1. The van der Waals surface area contributed by atoms with Crippen LogP contribution in [0.15, 0.2) is 39.3 Å². The number of amides is 2. The van der Waals surface area contributed by atoms with Gasteiger partial charge in [0.15, 0.2) is 0 Å². The predicted octanol–water partition coefficient (Wildman–Crippen LogP) is 4.41. The van der Waals surface area contributed by atoms with Gasteiger partial charge in [-0.05, 0) is 43.5 Å². The van der Waals surface area contributed by atoms with Crippen molar-refractivity contribution in [3.05, 3.63) is 53.4 Å². The van der Waals surface area contributed by atoms with Crippen LogP contribution in [0.4, 0.5) is 32.4 Å². The van der Waals surface area contributed by atoms with Crippen LogP contribution in [0.1, 0.15) is 25.7 Å². The molecule has 0 unspecified atom stereocenters. The first-order chi connectivity index (χ1) is 23.1. The number of nitrogens with two attached hydrogens (primary N) is 1. The highest BCUT2D eigenvalue weighted by Crippen LogP contribution is 2.29. The van der Waals surface area contributed by atoms with Gasteiger partial charge in [0, 0.05) is 23.3 Å². The first kappa shape index (κ1) is 40.3. The maximum atomic E-state index is 13.5. The molecule has 0 radical (unpaired) electrons. The van der Waals surface area contributed by atoms with Crippen LogP contribution >= 0.6 is 12.6 Å². The van der Waals surface area contributed by atoms with E-state index >= 15 is 0 Å². The largest absolute Gasteiger partial charge is 0.420 e. The number of thiol groups is 1. The van der Waals surface area contributed by atoms with E-state index in [9.17, 15) is 31.5 Å². The third-order valence-electron chi connectivity index (χ3n) is 5.99. The fourth-order valence-electron chi connectivity index (χ4n) is 3.56. The lowest BCUT2D eigenvalue weighted by molar-refractivity contribution is -0.136. The number of halogens is 5. The summed E-state index contributed by atoms with van der Waals surface area (Å²) in [5.74, 6) is -8.75. The number of nitrogens with one attached hydrogen (secondary N) is 2. The van der Waals surface area contributed by atoms with Crippen molar-refractivity contribution in [2.45, 2.75) is 30.6 Å². The van der Waals surface area contributed by atoms with Crippen LogP contribution < -0.4 is 21.2 Å². The summed E-state index contributed by atoms with van der Waals surface area (Å²) in [7, 11) is 0. The molecule has 0 spiro atoms. The zero-order valence-electron chi connectivity index (χ0n) is 26.0. The summed E-state index contributed by atoms with van der Waals surface area (Å²) >= 11 is 4.20. The van der Waals surface area contributed by atoms with Crippen LogP contribution in [0, 0.1) is 29.1 Å². The second-order valence-electron chi connectivity index (χ2n) is 9.61. The van der Waals surface area contributed by atoms with Crippen molar-refractivity contribution in [3.63, 3.8) is 0 Å². The highest BCUT2D eigenvalue weighted by Gasteiger charge is 2.28. The average molecular weight is 708 g/mol. The van der Waals surface area contributed by atoms with Crippen molar-refractivity contribution in [1.29, 1.82) is 0 Å². The molecule has 0 heterocycles. The van der Waals surface area contributed by atoms with Gasteiger partial charge in [-0.2, -0.15) is 13.9 Å². The Morgan fingerprint density at radius 3 is 1.88 bits per heavy atom. The summed E-state index contributed by atoms with van der Waals surface area (Å²) in [6.45, 7) is 2.49. The highest BCUT2D eigenvalue weighted by molar-refractivity contribution is 7.80. The molecule has 266 valence electrons. The summed E-state index contributed by atoms with van der Waals surface area (Å²) in [5, 5.41) is 9.26. The van der Waals surface area contributed by atoms with Crippen molar-refractivity contribution < 1.29 is 55.2 Å². The number of hydrogen-bond donors (Lipinski definition) is 4. The predicted molar refractivity (Wildman–Crippen MR) is 169 cm³/mol. The minimum absolute atomic E-state index is 0.0686. The monoisotopic (exact) mass is 707 g/mol. The number of urea groups is 1. The standard InChI is InChI=1S/C30H38F5N5O7S/c31-24-25(32)27(34)29(28(35)26(24)33)47-23(41)8-11-43-13-15-45-17-18-46-16-14-44-12-10-37-19-21(40-36)3-1-2-9-38-30(42)39-20-4-6-22(48)7-5-20/h4-7,19,48H,1-3,8-18,36H2,(H2,38,39,42). The van der Waals surface area contributed by atoms with Gasteiger partial charge in [-0.3, -0.25) is 9.79 Å². The Balaban J connectivity index is 1.38. The van der Waals surface area contributed by atoms with E-state index in [0.717, 1.165) is 17.7 Å². The van der Waals surface area contributed by atoms with Crippen LogP contribution in [-0.2, 0) is 23.7 Å². The Morgan fingerprint density at radius 2 is 1.29 bits per heavy atom. The first-order valence-electron chi connectivity index (χ1n) is 14.8. The molecule has 2 rings (SSSR count). The van der Waals surface area contributed by atoms with Gasteiger partial charge in [0.2, 0.25) is 34.8 Å². The number of carbonyl (C=O) groups excluding carboxylic acids is 2. The normalized spacial score (nSPS) is 11.7. The molecule has 4 N–H and O–H groups in total. The van der Waals surface area contributed by atoms with Crippen LogP contribution in [0.2, 0.25) is 0 Å². The Labute approximate surface area is 279 Å². The molecule has 18 heteroatoms. The summed E-state index contributed by atoms with van der Waals surface area (Å²) in [6.07, 6.45) is 3.21. The van der Waals surface area contributed by atoms with Crippen LogP contribution in [0.25, 0.3) is 0 Å². The first-order valence-corrected chi connectivity index (χ1v) is 15.2. The van der Waals surface area contributed by atoms with Crippen LogP contribution in [0.3, 0.4) is 0 Å². The Bertz CT molecular complexity index is 1330. The zero-order chi connectivity index (χ0) is 35.1. The Hall–Kier alpha value is -3.84. The molecule has 0 aromatic heterocycles. The van der Waals surface area contributed by atoms with Gasteiger partial charge in [0.25, 0.3) is 0 Å². The third kappa shape index (κ3) is 15.8. The summed E-state index contributed by atoms with van der Waals surface area (Å²) in [4.78, 5) is 28.6. The lowest BCUT2D eigenvalue weighted by atomic mass is 10.2. The molecule has 0 saturated heterocycles. The topological polar surface area (TPSA) is 155 Å². The van der Waals surface area contributed by atoms with Crippen molar-refractivity contribution >= 4 is 42.2 Å². The van der Waals surface area contributed by atoms with E-state index in [0.29, 0.717) is 50.7 Å². The van der Waals surface area contributed by atoms with E-state index in [2.05, 4.69) is 38.1 Å². The SMILES string of the molecule is NN=C(C=NCCOCCOCCOCCOCCC(=O)Oc1c(F)c(F)c(F)c(F)c1F)CCCCNC(=O)Nc1ccc(S)cc1. The minimum atomic E-state index is -2.35. The minimum Gasteiger partial charge on any atom is -0.420 e. The van der Waals surface area contributed by atoms with Crippen molar-refractivity contribution in [3.8, 4) is 5.75 Å². The lowest BCUT2D eigenvalue weighted by Gasteiger charge is -2.09. The maximum Gasteiger partial charge on any atom is 0.319 e. The fourth-order valence-corrected chi connectivity index (χ4v) is 3.71. The van der Waals surface area contributed by atoms with Gasteiger partial charge in [-0.1, -0.05) is 0 Å². The smallest absolute Gasteiger partial charge is 0.319 e.